The number of ether oxygens (including phenoxy) is 1. The molecule has 2 unspecified atom stereocenters. The summed E-state index contributed by atoms with van der Waals surface area (Å²) in [6.07, 6.45) is 9.06. The van der Waals surface area contributed by atoms with Crippen molar-refractivity contribution in [3.63, 3.8) is 0 Å². The van der Waals surface area contributed by atoms with Gasteiger partial charge < -0.3 is 30.1 Å². The zero-order chi connectivity index (χ0) is 38.5. The van der Waals surface area contributed by atoms with E-state index in [0.717, 1.165) is 6.07 Å². The highest BCUT2D eigenvalue weighted by molar-refractivity contribution is 8.02. The van der Waals surface area contributed by atoms with Gasteiger partial charge in [-0.1, -0.05) is 31.7 Å². The number of rotatable bonds is 11. The Labute approximate surface area is 289 Å². The number of allylic oxidation sites excluding steroid dienone is 3. The lowest BCUT2D eigenvalue weighted by Gasteiger charge is -2.26. The molecule has 0 bridgehead atoms. The minimum Gasteiger partial charge on any atom is -0.480 e. The number of thioether (sulfide) groups is 1. The molecule has 0 radical (unpaired) electrons. The third-order valence-electron chi connectivity index (χ3n) is 7.20. The van der Waals surface area contributed by atoms with Gasteiger partial charge in [-0.05, 0) is 61.8 Å². The molecule has 1 amide bonds. The lowest BCUT2D eigenvalue weighted by Crippen LogP contribution is -2.44. The summed E-state index contributed by atoms with van der Waals surface area (Å²) in [6, 6.07) is 1.18. The van der Waals surface area contributed by atoms with Crippen molar-refractivity contribution in [1.82, 2.24) is 9.80 Å². The molecule has 2 aliphatic heterocycles. The van der Waals surface area contributed by atoms with Crippen LogP contribution < -0.4 is 10.5 Å². The number of likely N-dealkylation sites (tertiary alicyclic amines) is 2. The van der Waals surface area contributed by atoms with Crippen LogP contribution in [-0.2, 0) is 25.6 Å². The Hall–Kier alpha value is -4.16. The van der Waals surface area contributed by atoms with Gasteiger partial charge in [-0.3, -0.25) is 9.69 Å². The second-order valence-electron chi connectivity index (χ2n) is 10.4. The third kappa shape index (κ3) is 16.2. The molecule has 0 aromatic heterocycles. The van der Waals surface area contributed by atoms with Crippen molar-refractivity contribution in [2.75, 3.05) is 25.5 Å². The molecule has 1 aromatic carbocycles. The monoisotopic (exact) mass is 719 g/mol. The maximum absolute atomic E-state index is 13.0. The van der Waals surface area contributed by atoms with Gasteiger partial charge in [0.1, 0.15) is 25.4 Å². The predicted octanol–water partition coefficient (Wildman–Crippen LogP) is 6.62. The van der Waals surface area contributed by atoms with Gasteiger partial charge in [-0.2, -0.15) is 0 Å². The molecule has 1 aromatic rings. The molecule has 0 saturated carbocycles. The largest absolute Gasteiger partial charge is 0.573 e. The first kappa shape index (κ1) is 47.0. The summed E-state index contributed by atoms with van der Waals surface area (Å²) in [5.41, 5.74) is 6.47. The van der Waals surface area contributed by atoms with Crippen molar-refractivity contribution in [1.29, 1.82) is 0 Å². The van der Waals surface area contributed by atoms with E-state index in [1.807, 2.05) is 40.4 Å². The van der Waals surface area contributed by atoms with Gasteiger partial charge >= 0.3 is 12.3 Å². The highest BCUT2D eigenvalue weighted by atomic mass is 32.2. The zero-order valence-corrected chi connectivity index (χ0v) is 29.0. The fraction of sp³-hybridized carbons (Fsp3) is 0.471. The second-order valence-corrected chi connectivity index (χ2v) is 11.6. The number of terminal acetylenes is 1. The molecule has 274 valence electrons. The highest BCUT2D eigenvalue weighted by Crippen LogP contribution is 2.34. The summed E-state index contributed by atoms with van der Waals surface area (Å²) < 4.78 is 68.6. The van der Waals surface area contributed by atoms with Gasteiger partial charge in [0.05, 0.1) is 6.54 Å². The molecule has 9 nitrogen and oxygen atoms in total. The number of carbonyl (C=O) groups is 4. The van der Waals surface area contributed by atoms with Crippen molar-refractivity contribution < 1.29 is 51.0 Å². The number of hydrogen-bond donors (Lipinski definition) is 2. The first-order valence-electron chi connectivity index (χ1n) is 14.8. The summed E-state index contributed by atoms with van der Waals surface area (Å²) in [7, 11) is 0. The zero-order valence-electron chi connectivity index (χ0n) is 28.2. The number of aliphatic carboxylic acids is 1. The van der Waals surface area contributed by atoms with E-state index >= 15 is 0 Å². The van der Waals surface area contributed by atoms with Gasteiger partial charge in [0.25, 0.3) is 5.92 Å². The number of halogens is 5. The molecule has 2 atom stereocenters. The molecule has 15 heteroatoms. The number of alkyl halides is 5. The van der Waals surface area contributed by atoms with Crippen molar-refractivity contribution in [3.8, 4) is 18.6 Å². The number of carbonyl (C=O) groups excluding carboxylic acids is 3. The van der Waals surface area contributed by atoms with E-state index in [4.69, 9.17) is 15.3 Å². The minimum atomic E-state index is -4.99. The number of hydrogen-bond acceptors (Lipinski definition) is 8. The molecular weight excluding hydrogens is 673 g/mol. The summed E-state index contributed by atoms with van der Waals surface area (Å²) in [6.45, 7) is 15.8. The lowest BCUT2D eigenvalue weighted by atomic mass is 9.96. The number of nitrogens with zero attached hydrogens (tertiary/aromatic N) is 2. The maximum atomic E-state index is 13.0. The van der Waals surface area contributed by atoms with Crippen molar-refractivity contribution in [2.45, 2.75) is 71.7 Å². The Kier molecular flexibility index (Phi) is 22.3. The fourth-order valence-corrected chi connectivity index (χ4v) is 5.58. The van der Waals surface area contributed by atoms with Crippen LogP contribution in [0.4, 0.5) is 22.0 Å². The van der Waals surface area contributed by atoms with E-state index in [-0.39, 0.29) is 54.6 Å². The number of carboxylic acids is 1. The second kappa shape index (κ2) is 23.2. The molecule has 2 saturated heterocycles. The molecule has 0 aliphatic carbocycles. The molecule has 3 N–H and O–H groups in total. The minimum absolute atomic E-state index is 0.00516. The number of nitrogens with two attached hydrogens (primary N) is 1. The van der Waals surface area contributed by atoms with E-state index in [0.29, 0.717) is 30.8 Å². The Balaban J connectivity index is 0. The SMILES string of the molecule is C#C.C/C=C(/C)SCN1CCC(F)(F)C1.C=C(N)c1cc(OC(F)(F)F)c(CC(C(=O)O)N2CCC(CC)C2=O)cc1/C=C\C.C=O.C=O. The van der Waals surface area contributed by atoms with Gasteiger partial charge in [-0.25, -0.2) is 13.6 Å². The van der Waals surface area contributed by atoms with E-state index < -0.39 is 30.0 Å². The summed E-state index contributed by atoms with van der Waals surface area (Å²) >= 11 is 1.63. The first-order chi connectivity index (χ1) is 23.0. The van der Waals surface area contributed by atoms with Gasteiger partial charge in [0.2, 0.25) is 5.91 Å². The van der Waals surface area contributed by atoms with Crippen LogP contribution in [-0.4, -0.2) is 84.2 Å². The van der Waals surface area contributed by atoms with Crippen LogP contribution in [0.25, 0.3) is 11.8 Å². The van der Waals surface area contributed by atoms with Crippen LogP contribution in [0.3, 0.4) is 0 Å². The van der Waals surface area contributed by atoms with Crippen molar-refractivity contribution >= 4 is 49.0 Å². The maximum Gasteiger partial charge on any atom is 0.573 e. The highest BCUT2D eigenvalue weighted by Gasteiger charge is 2.40. The standard InChI is InChI=1S/C21H25F3N2O4.C9H15F2NS.C2H2.2CH2O/c1-4-6-14-9-15(18(30-21(22,23)24)11-16(14)12(3)25)10-17(20(28)29)26-8-7-13(5-2)19(26)27;1-3-8(2)13-7-12-5-4-9(10,11)6-12;3*1-2/h4,6,9,11,13,17H,3,5,7-8,10,25H2,1-2H3,(H,28,29);3H,4-7H2,1-2H3;1-2H;2*1H2/b6-4-;8-3-;;;. The fourth-order valence-electron chi connectivity index (χ4n) is 4.80. The summed E-state index contributed by atoms with van der Waals surface area (Å²) in [5, 5.41) is 9.71. The van der Waals surface area contributed by atoms with Crippen molar-refractivity contribution in [2.24, 2.45) is 11.7 Å². The van der Waals surface area contributed by atoms with Gasteiger partial charge in [0.15, 0.2) is 0 Å². The predicted molar refractivity (Wildman–Crippen MR) is 183 cm³/mol. The lowest BCUT2D eigenvalue weighted by molar-refractivity contribution is -0.275. The van der Waals surface area contributed by atoms with Crippen LogP contribution in [0.2, 0.25) is 0 Å². The number of carboxylic acid groups (broad SMARTS) is 1. The Morgan fingerprint density at radius 1 is 1.20 bits per heavy atom. The molecular formula is C34H46F5N3O6S. The van der Waals surface area contributed by atoms with Crippen LogP contribution >= 0.6 is 11.8 Å². The molecule has 3 rings (SSSR count). The van der Waals surface area contributed by atoms with E-state index in [1.54, 1.807) is 35.7 Å². The topological polar surface area (TPSA) is 130 Å². The molecule has 2 fully saturated rings. The normalized spacial score (nSPS) is 17.6. The van der Waals surface area contributed by atoms with Gasteiger partial charge in [-0.15, -0.1) is 37.8 Å². The summed E-state index contributed by atoms with van der Waals surface area (Å²) in [4.78, 5) is 44.6. The summed E-state index contributed by atoms with van der Waals surface area (Å²) in [5.74, 6) is -4.21. The number of amides is 1. The Morgan fingerprint density at radius 2 is 1.80 bits per heavy atom. The van der Waals surface area contributed by atoms with Crippen molar-refractivity contribution in [3.05, 3.63) is 52.5 Å². The van der Waals surface area contributed by atoms with E-state index in [9.17, 15) is 36.6 Å². The van der Waals surface area contributed by atoms with Crippen LogP contribution in [0.15, 0.2) is 35.8 Å². The average Bonchev–Trinajstić information content (AvgIpc) is 3.61. The first-order valence-corrected chi connectivity index (χ1v) is 15.8. The Bertz CT molecular complexity index is 1300. The van der Waals surface area contributed by atoms with Crippen LogP contribution in [0.5, 0.6) is 5.75 Å². The van der Waals surface area contributed by atoms with Gasteiger partial charge in [0, 0.05) is 49.0 Å². The molecule has 49 heavy (non-hydrogen) atoms. The number of benzene rings is 1. The van der Waals surface area contributed by atoms with E-state index in [2.05, 4.69) is 24.2 Å². The van der Waals surface area contributed by atoms with E-state index in [1.165, 1.54) is 15.9 Å². The molecule has 0 spiro atoms. The molecule has 2 aliphatic rings. The molecule has 2 heterocycles. The van der Waals surface area contributed by atoms with Crippen LogP contribution in [0, 0.1) is 18.8 Å². The van der Waals surface area contributed by atoms with Crippen LogP contribution in [0.1, 0.15) is 63.6 Å². The quantitative estimate of drug-likeness (QED) is 0.191. The Morgan fingerprint density at radius 3 is 2.20 bits per heavy atom. The third-order valence-corrected chi connectivity index (χ3v) is 8.38. The smallest absolute Gasteiger partial charge is 0.480 e. The average molecular weight is 720 g/mol.